The lowest BCUT2D eigenvalue weighted by Crippen LogP contribution is -2.24. The third kappa shape index (κ3) is 2.85. The Morgan fingerprint density at radius 3 is 2.45 bits per heavy atom. The highest BCUT2D eigenvalue weighted by molar-refractivity contribution is 6.30. The van der Waals surface area contributed by atoms with Gasteiger partial charge in [-0.25, -0.2) is 0 Å². The zero-order chi connectivity index (χ0) is 13.2. The minimum atomic E-state index is 0. The van der Waals surface area contributed by atoms with E-state index >= 15 is 0 Å². The van der Waals surface area contributed by atoms with Crippen molar-refractivity contribution in [2.24, 2.45) is 0 Å². The minimum Gasteiger partial charge on any atom is -0.313 e. The lowest BCUT2D eigenvalue weighted by molar-refractivity contribution is 0.471. The average molecular weight is 308 g/mol. The first kappa shape index (κ1) is 15.4. The Kier molecular flexibility index (Phi) is 5.09. The van der Waals surface area contributed by atoms with E-state index in [9.17, 15) is 0 Å². The normalized spacial score (nSPS) is 20.9. The van der Waals surface area contributed by atoms with Gasteiger partial charge in [0.25, 0.3) is 0 Å². The maximum absolute atomic E-state index is 6.13. The van der Waals surface area contributed by atoms with Crippen LogP contribution < -0.4 is 5.32 Å². The molecule has 0 saturated carbocycles. The molecule has 3 rings (SSSR count). The van der Waals surface area contributed by atoms with Gasteiger partial charge in [0.15, 0.2) is 0 Å². The van der Waals surface area contributed by atoms with Crippen molar-refractivity contribution in [3.05, 3.63) is 70.2 Å². The van der Waals surface area contributed by atoms with Crippen LogP contribution in [0.1, 0.15) is 41.5 Å². The highest BCUT2D eigenvalue weighted by Crippen LogP contribution is 2.41. The molecule has 0 saturated heterocycles. The molecule has 2 atom stereocenters. The summed E-state index contributed by atoms with van der Waals surface area (Å²) in [5.74, 6) is 0.472. The summed E-state index contributed by atoms with van der Waals surface area (Å²) in [4.78, 5) is 0. The van der Waals surface area contributed by atoms with E-state index in [1.807, 2.05) is 19.2 Å². The predicted octanol–water partition coefficient (Wildman–Crippen LogP) is 4.95. The molecule has 3 heteroatoms. The number of benzene rings is 2. The summed E-state index contributed by atoms with van der Waals surface area (Å²) in [5.41, 5.74) is 4.20. The van der Waals surface area contributed by atoms with Crippen molar-refractivity contribution in [2.75, 3.05) is 7.05 Å². The number of nitrogens with one attached hydrogen (secondary N) is 1. The van der Waals surface area contributed by atoms with Gasteiger partial charge in [0.1, 0.15) is 0 Å². The molecule has 0 spiro atoms. The highest BCUT2D eigenvalue weighted by Gasteiger charge is 2.26. The number of fused-ring (bicyclic) bond motifs is 1. The van der Waals surface area contributed by atoms with Crippen molar-refractivity contribution < 1.29 is 0 Å². The zero-order valence-corrected chi connectivity index (χ0v) is 13.0. The monoisotopic (exact) mass is 307 g/mol. The fourth-order valence-electron chi connectivity index (χ4n) is 3.16. The highest BCUT2D eigenvalue weighted by atomic mass is 35.5. The van der Waals surface area contributed by atoms with Gasteiger partial charge in [0.05, 0.1) is 0 Å². The Balaban J connectivity index is 0.00000147. The summed E-state index contributed by atoms with van der Waals surface area (Å²) in [6, 6.07) is 17.5. The van der Waals surface area contributed by atoms with Crippen LogP contribution in [0.15, 0.2) is 48.5 Å². The second kappa shape index (κ2) is 6.62. The van der Waals surface area contributed by atoms with Gasteiger partial charge in [-0.3, -0.25) is 0 Å². The van der Waals surface area contributed by atoms with Gasteiger partial charge in [-0.15, -0.1) is 12.4 Å². The number of halogens is 2. The number of hydrogen-bond acceptors (Lipinski definition) is 1. The van der Waals surface area contributed by atoms with E-state index in [0.717, 1.165) is 5.02 Å². The van der Waals surface area contributed by atoms with Crippen LogP contribution in [0.25, 0.3) is 0 Å². The van der Waals surface area contributed by atoms with Crippen LogP contribution >= 0.6 is 24.0 Å². The van der Waals surface area contributed by atoms with Gasteiger partial charge in [-0.1, -0.05) is 48.0 Å². The fraction of sp³-hybridized carbons (Fsp3) is 0.294. The second-order valence-electron chi connectivity index (χ2n) is 5.16. The summed E-state index contributed by atoms with van der Waals surface area (Å²) in [6.45, 7) is 0. The molecule has 0 fully saturated rings. The molecule has 0 aliphatic heterocycles. The number of hydrogen-bond donors (Lipinski definition) is 1. The van der Waals surface area contributed by atoms with Gasteiger partial charge in [-0.2, -0.15) is 0 Å². The molecule has 2 aromatic rings. The van der Waals surface area contributed by atoms with E-state index in [4.69, 9.17) is 11.6 Å². The smallest absolute Gasteiger partial charge is 0.0408 e. The molecule has 2 aromatic carbocycles. The second-order valence-corrected chi connectivity index (χ2v) is 5.59. The third-order valence-electron chi connectivity index (χ3n) is 4.09. The van der Waals surface area contributed by atoms with Crippen molar-refractivity contribution in [3.63, 3.8) is 0 Å². The lowest BCUT2D eigenvalue weighted by Gasteiger charge is -2.31. The van der Waals surface area contributed by atoms with Crippen LogP contribution in [0.5, 0.6) is 0 Å². The van der Waals surface area contributed by atoms with Gasteiger partial charge in [0, 0.05) is 17.0 Å². The summed E-state index contributed by atoms with van der Waals surface area (Å²) in [5, 5.41) is 4.24. The minimum absolute atomic E-state index is 0. The van der Waals surface area contributed by atoms with Crippen LogP contribution in [0.4, 0.5) is 0 Å². The summed E-state index contributed by atoms with van der Waals surface area (Å²) in [7, 11) is 2.04. The SMILES string of the molecule is CN[C@H]1CC[C@@H](c2cccc(Cl)c2)c2ccccc21.Cl. The third-order valence-corrected chi connectivity index (χ3v) is 4.33. The zero-order valence-electron chi connectivity index (χ0n) is 11.5. The topological polar surface area (TPSA) is 12.0 Å². The fourth-order valence-corrected chi connectivity index (χ4v) is 3.36. The predicted molar refractivity (Wildman–Crippen MR) is 88.0 cm³/mol. The Bertz CT molecular complexity index is 583. The molecule has 1 N–H and O–H groups in total. The quantitative estimate of drug-likeness (QED) is 0.828. The molecule has 0 amide bonds. The molecule has 0 heterocycles. The molecule has 1 aliphatic carbocycles. The van der Waals surface area contributed by atoms with Crippen LogP contribution in [0.2, 0.25) is 5.02 Å². The van der Waals surface area contributed by atoms with Gasteiger partial charge in [0.2, 0.25) is 0 Å². The van der Waals surface area contributed by atoms with E-state index in [0.29, 0.717) is 12.0 Å². The molecular weight excluding hydrogens is 289 g/mol. The maximum Gasteiger partial charge on any atom is 0.0408 e. The molecule has 1 aliphatic rings. The van der Waals surface area contributed by atoms with E-state index < -0.39 is 0 Å². The first-order valence-corrected chi connectivity index (χ1v) is 7.19. The summed E-state index contributed by atoms with van der Waals surface area (Å²) >= 11 is 6.13. The van der Waals surface area contributed by atoms with E-state index in [1.54, 1.807) is 0 Å². The Labute approximate surface area is 131 Å². The van der Waals surface area contributed by atoms with Gasteiger partial charge < -0.3 is 5.32 Å². The van der Waals surface area contributed by atoms with Crippen molar-refractivity contribution in [1.82, 2.24) is 5.32 Å². The molecule has 0 unspecified atom stereocenters. The molecule has 20 heavy (non-hydrogen) atoms. The van der Waals surface area contributed by atoms with Gasteiger partial charge >= 0.3 is 0 Å². The first-order valence-electron chi connectivity index (χ1n) is 6.81. The van der Waals surface area contributed by atoms with Gasteiger partial charge in [-0.05, 0) is 48.7 Å². The summed E-state index contributed by atoms with van der Waals surface area (Å²) < 4.78 is 0. The van der Waals surface area contributed by atoms with E-state index in [1.165, 1.54) is 29.5 Å². The van der Waals surface area contributed by atoms with E-state index in [-0.39, 0.29) is 12.4 Å². The first-order chi connectivity index (χ1) is 9.29. The van der Waals surface area contributed by atoms with Crippen LogP contribution in [-0.4, -0.2) is 7.05 Å². The van der Waals surface area contributed by atoms with Crippen molar-refractivity contribution in [3.8, 4) is 0 Å². The Morgan fingerprint density at radius 1 is 1.00 bits per heavy atom. The molecule has 0 aromatic heterocycles. The van der Waals surface area contributed by atoms with Crippen molar-refractivity contribution in [2.45, 2.75) is 24.8 Å². The van der Waals surface area contributed by atoms with Crippen LogP contribution in [-0.2, 0) is 0 Å². The standard InChI is InChI=1S/C17H18ClN.ClH/c1-19-17-10-9-14(12-5-4-6-13(18)11-12)15-7-2-3-8-16(15)17;/h2-8,11,14,17,19H,9-10H2,1H3;1H/t14-,17-;/m0./s1. The van der Waals surface area contributed by atoms with Crippen LogP contribution in [0, 0.1) is 0 Å². The maximum atomic E-state index is 6.13. The van der Waals surface area contributed by atoms with Crippen molar-refractivity contribution >= 4 is 24.0 Å². The lowest BCUT2D eigenvalue weighted by atomic mass is 9.77. The Morgan fingerprint density at radius 2 is 1.75 bits per heavy atom. The van der Waals surface area contributed by atoms with E-state index in [2.05, 4.69) is 41.7 Å². The summed E-state index contributed by atoms with van der Waals surface area (Å²) in [6.07, 6.45) is 2.34. The molecule has 0 bridgehead atoms. The molecule has 0 radical (unpaired) electrons. The Hall–Kier alpha value is -1.02. The molecule has 1 nitrogen and oxygen atoms in total. The molecule has 106 valence electrons. The van der Waals surface area contributed by atoms with Crippen molar-refractivity contribution in [1.29, 1.82) is 0 Å². The number of rotatable bonds is 2. The largest absolute Gasteiger partial charge is 0.313 e. The molecular formula is C17H19Cl2N. The average Bonchev–Trinajstić information content (AvgIpc) is 2.46. The van der Waals surface area contributed by atoms with Crippen LogP contribution in [0.3, 0.4) is 0 Å².